The molecule has 1 aliphatic heterocycles. The minimum absolute atomic E-state index is 0.178. The quantitative estimate of drug-likeness (QED) is 0.353. The number of halogens is 1. The van der Waals surface area contributed by atoms with Crippen LogP contribution >= 0.6 is 0 Å². The standard InChI is InChI=1S/C13H20FNO.C4H10O2/c1-3-11(5-4-10(2)14)16-12-6-13(7-12)8-15-9-13;1-4(2,3)6-5/h4-5,12,15H,3,6-9H2,1-2H3;5H,1-3H3/b10-4+,11-5?;. The van der Waals surface area contributed by atoms with E-state index in [9.17, 15) is 4.39 Å². The second-order valence-electron chi connectivity index (χ2n) is 7.20. The smallest absolute Gasteiger partial charge is 0.0995 e. The predicted molar refractivity (Wildman–Crippen MR) is 86.1 cm³/mol. The summed E-state index contributed by atoms with van der Waals surface area (Å²) in [7, 11) is 0. The van der Waals surface area contributed by atoms with Crippen LogP contribution in [-0.4, -0.2) is 30.1 Å². The zero-order valence-corrected chi connectivity index (χ0v) is 14.4. The largest absolute Gasteiger partial charge is 0.495 e. The van der Waals surface area contributed by atoms with Gasteiger partial charge in [-0.1, -0.05) is 6.92 Å². The fraction of sp³-hybridized carbons (Fsp3) is 0.765. The van der Waals surface area contributed by atoms with Gasteiger partial charge in [0.25, 0.3) is 0 Å². The molecule has 0 radical (unpaired) electrons. The molecule has 0 aromatic heterocycles. The molecule has 0 bridgehead atoms. The zero-order chi connectivity index (χ0) is 16.8. The minimum Gasteiger partial charge on any atom is -0.495 e. The van der Waals surface area contributed by atoms with Gasteiger partial charge in [-0.05, 0) is 52.7 Å². The lowest BCUT2D eigenvalue weighted by Crippen LogP contribution is -2.62. The number of nitrogens with one attached hydrogen (secondary N) is 1. The molecule has 2 N–H and O–H groups in total. The molecule has 1 saturated heterocycles. The molecule has 2 fully saturated rings. The van der Waals surface area contributed by atoms with Gasteiger partial charge in [-0.25, -0.2) is 9.28 Å². The average Bonchev–Trinajstić information content (AvgIpc) is 2.34. The van der Waals surface area contributed by atoms with Crippen LogP contribution in [0.3, 0.4) is 0 Å². The normalized spacial score (nSPS) is 21.6. The van der Waals surface area contributed by atoms with Gasteiger partial charge in [0, 0.05) is 24.9 Å². The van der Waals surface area contributed by atoms with E-state index in [1.807, 2.05) is 6.92 Å². The SMILES string of the molecule is CC(C)(C)OO.CCC(=C/C=C(\C)F)OC1CC2(CNC2)C1. The Labute approximate surface area is 133 Å². The van der Waals surface area contributed by atoms with Crippen molar-refractivity contribution in [3.05, 3.63) is 23.7 Å². The Kier molecular flexibility index (Phi) is 7.03. The van der Waals surface area contributed by atoms with Crippen molar-refractivity contribution in [2.75, 3.05) is 13.1 Å². The molecule has 5 heteroatoms. The van der Waals surface area contributed by atoms with Gasteiger partial charge < -0.3 is 10.1 Å². The van der Waals surface area contributed by atoms with Crippen molar-refractivity contribution in [3.63, 3.8) is 0 Å². The highest BCUT2D eigenvalue weighted by Gasteiger charge is 2.49. The third kappa shape index (κ3) is 6.46. The maximum atomic E-state index is 12.6. The van der Waals surface area contributed by atoms with Crippen LogP contribution in [0.4, 0.5) is 4.39 Å². The summed E-state index contributed by atoms with van der Waals surface area (Å²) in [5.41, 5.74) is 0.134. The lowest BCUT2D eigenvalue weighted by Gasteiger charge is -2.53. The summed E-state index contributed by atoms with van der Waals surface area (Å²) in [6, 6.07) is 0. The molecule has 1 saturated carbocycles. The van der Waals surface area contributed by atoms with E-state index in [0.717, 1.165) is 38.1 Å². The number of hydrogen-bond acceptors (Lipinski definition) is 4. The second-order valence-corrected chi connectivity index (χ2v) is 7.20. The summed E-state index contributed by atoms with van der Waals surface area (Å²) in [6.45, 7) is 11.1. The molecule has 128 valence electrons. The van der Waals surface area contributed by atoms with E-state index in [2.05, 4.69) is 10.2 Å². The highest BCUT2D eigenvalue weighted by Crippen LogP contribution is 2.46. The van der Waals surface area contributed by atoms with Crippen LogP contribution in [0.1, 0.15) is 53.9 Å². The van der Waals surface area contributed by atoms with Gasteiger partial charge >= 0.3 is 0 Å². The molecule has 0 aromatic carbocycles. The molecule has 1 spiro atoms. The van der Waals surface area contributed by atoms with Gasteiger partial charge in [0.05, 0.1) is 23.3 Å². The molecule has 1 aliphatic carbocycles. The van der Waals surface area contributed by atoms with E-state index in [1.54, 1.807) is 26.8 Å². The predicted octanol–water partition coefficient (Wildman–Crippen LogP) is 4.20. The van der Waals surface area contributed by atoms with Crippen molar-refractivity contribution in [1.82, 2.24) is 5.32 Å². The van der Waals surface area contributed by atoms with E-state index in [-0.39, 0.29) is 5.83 Å². The van der Waals surface area contributed by atoms with Crippen molar-refractivity contribution >= 4 is 0 Å². The first-order valence-electron chi connectivity index (χ1n) is 7.92. The third-order valence-electron chi connectivity index (χ3n) is 3.76. The Morgan fingerprint density at radius 1 is 1.32 bits per heavy atom. The van der Waals surface area contributed by atoms with Crippen LogP contribution in [0.2, 0.25) is 0 Å². The molecule has 0 aromatic rings. The van der Waals surface area contributed by atoms with Gasteiger partial charge in [-0.3, -0.25) is 5.26 Å². The monoisotopic (exact) mass is 315 g/mol. The van der Waals surface area contributed by atoms with Crippen LogP contribution in [0.15, 0.2) is 23.7 Å². The number of allylic oxidation sites excluding steroid dienone is 4. The van der Waals surface area contributed by atoms with Crippen molar-refractivity contribution in [2.45, 2.75) is 65.6 Å². The molecule has 22 heavy (non-hydrogen) atoms. The Hall–Kier alpha value is -0.910. The molecule has 2 rings (SSSR count). The van der Waals surface area contributed by atoms with Crippen LogP contribution in [0, 0.1) is 5.41 Å². The van der Waals surface area contributed by atoms with Crippen molar-refractivity contribution in [2.24, 2.45) is 5.41 Å². The summed E-state index contributed by atoms with van der Waals surface area (Å²) in [5.74, 6) is 0.715. The lowest BCUT2D eigenvalue weighted by molar-refractivity contribution is -0.306. The molecule has 0 unspecified atom stereocenters. The minimum atomic E-state index is -0.403. The van der Waals surface area contributed by atoms with E-state index >= 15 is 0 Å². The molecule has 4 nitrogen and oxygen atoms in total. The highest BCUT2D eigenvalue weighted by molar-refractivity contribution is 5.11. The Morgan fingerprint density at radius 3 is 2.18 bits per heavy atom. The van der Waals surface area contributed by atoms with Gasteiger partial charge in [-0.15, -0.1) is 0 Å². The van der Waals surface area contributed by atoms with Crippen LogP contribution in [0.5, 0.6) is 0 Å². The Bertz CT molecular complexity index is 397. The first kappa shape index (κ1) is 19.1. The average molecular weight is 315 g/mol. The topological polar surface area (TPSA) is 50.7 Å². The van der Waals surface area contributed by atoms with Gasteiger partial charge in [0.1, 0.15) is 0 Å². The lowest BCUT2D eigenvalue weighted by atomic mass is 9.63. The fourth-order valence-electron chi connectivity index (χ4n) is 2.42. The van der Waals surface area contributed by atoms with E-state index in [4.69, 9.17) is 9.99 Å². The van der Waals surface area contributed by atoms with Crippen LogP contribution < -0.4 is 5.32 Å². The Balaban J connectivity index is 0.000000346. The maximum Gasteiger partial charge on any atom is 0.0995 e. The van der Waals surface area contributed by atoms with Gasteiger partial charge in [-0.2, -0.15) is 0 Å². The first-order chi connectivity index (χ1) is 10.2. The number of ether oxygens (including phenoxy) is 1. The Morgan fingerprint density at radius 2 is 1.86 bits per heavy atom. The number of hydrogen-bond donors (Lipinski definition) is 2. The summed E-state index contributed by atoms with van der Waals surface area (Å²) in [6.07, 6.45) is 6.69. The van der Waals surface area contributed by atoms with Gasteiger partial charge in [0.2, 0.25) is 0 Å². The highest BCUT2D eigenvalue weighted by atomic mass is 19.1. The molecule has 1 heterocycles. The first-order valence-corrected chi connectivity index (χ1v) is 7.92. The van der Waals surface area contributed by atoms with Crippen LogP contribution in [-0.2, 0) is 9.62 Å². The fourth-order valence-corrected chi connectivity index (χ4v) is 2.42. The summed E-state index contributed by atoms with van der Waals surface area (Å²) in [4.78, 5) is 3.94. The molecular formula is C17H30FNO3. The van der Waals surface area contributed by atoms with E-state index in [1.165, 1.54) is 13.0 Å². The zero-order valence-electron chi connectivity index (χ0n) is 14.4. The maximum absolute atomic E-state index is 12.6. The summed E-state index contributed by atoms with van der Waals surface area (Å²) < 4.78 is 18.4. The molecule has 0 amide bonds. The van der Waals surface area contributed by atoms with Crippen molar-refractivity contribution in [1.29, 1.82) is 0 Å². The van der Waals surface area contributed by atoms with E-state index < -0.39 is 5.60 Å². The van der Waals surface area contributed by atoms with Crippen molar-refractivity contribution < 1.29 is 19.3 Å². The van der Waals surface area contributed by atoms with Crippen LogP contribution in [0.25, 0.3) is 0 Å². The number of rotatable bonds is 4. The molecule has 2 aliphatic rings. The summed E-state index contributed by atoms with van der Waals surface area (Å²) in [5, 5.41) is 11.2. The van der Waals surface area contributed by atoms with Crippen molar-refractivity contribution in [3.8, 4) is 0 Å². The summed E-state index contributed by atoms with van der Waals surface area (Å²) >= 11 is 0. The third-order valence-corrected chi connectivity index (χ3v) is 3.76. The van der Waals surface area contributed by atoms with E-state index in [0.29, 0.717) is 11.5 Å². The molecule has 0 atom stereocenters. The second kappa shape index (κ2) is 8.09. The van der Waals surface area contributed by atoms with Gasteiger partial charge in [0.15, 0.2) is 0 Å². The molecular weight excluding hydrogens is 285 g/mol.